The number of nitrogens with two attached hydrogens (primary N) is 1. The van der Waals surface area contributed by atoms with Crippen LogP contribution in [-0.2, 0) is 6.18 Å². The normalized spacial score (nSPS) is 10.9. The molecule has 0 radical (unpaired) electrons. The van der Waals surface area contributed by atoms with Gasteiger partial charge in [-0.3, -0.25) is 0 Å². The van der Waals surface area contributed by atoms with E-state index in [1.807, 2.05) is 6.07 Å². The molecule has 102 valence electrons. The summed E-state index contributed by atoms with van der Waals surface area (Å²) in [5.74, 6) is 0. The van der Waals surface area contributed by atoms with Gasteiger partial charge in [-0.1, -0.05) is 6.07 Å². The van der Waals surface area contributed by atoms with E-state index in [-0.39, 0.29) is 11.3 Å². The summed E-state index contributed by atoms with van der Waals surface area (Å²) in [6, 6.07) is 11.3. The Morgan fingerprint density at radius 1 is 1.05 bits per heavy atom. The van der Waals surface area contributed by atoms with Gasteiger partial charge in [-0.05, 0) is 36.4 Å². The second-order valence-electron chi connectivity index (χ2n) is 4.12. The number of nitriles is 1. The molecule has 0 aromatic heterocycles. The van der Waals surface area contributed by atoms with Crippen LogP contribution in [0.5, 0.6) is 0 Å². The van der Waals surface area contributed by atoms with Gasteiger partial charge < -0.3 is 11.1 Å². The van der Waals surface area contributed by atoms with Gasteiger partial charge in [-0.15, -0.1) is 0 Å². The first-order chi connectivity index (χ1) is 9.40. The molecule has 2 aromatic carbocycles. The van der Waals surface area contributed by atoms with Crippen LogP contribution < -0.4 is 11.1 Å². The zero-order valence-corrected chi connectivity index (χ0v) is 10.2. The van der Waals surface area contributed by atoms with E-state index >= 15 is 0 Å². The van der Waals surface area contributed by atoms with Gasteiger partial charge in [0, 0.05) is 17.1 Å². The van der Waals surface area contributed by atoms with Gasteiger partial charge in [-0.25, -0.2) is 0 Å². The monoisotopic (exact) mass is 277 g/mol. The van der Waals surface area contributed by atoms with Crippen molar-refractivity contribution >= 4 is 17.1 Å². The average Bonchev–Trinajstić information content (AvgIpc) is 2.40. The number of hydrogen-bond acceptors (Lipinski definition) is 3. The Bertz CT molecular complexity index is 672. The number of hydrogen-bond donors (Lipinski definition) is 2. The summed E-state index contributed by atoms with van der Waals surface area (Å²) >= 11 is 0. The number of nitrogens with zero attached hydrogens (tertiary/aromatic N) is 1. The molecule has 0 aliphatic heterocycles. The molecule has 2 rings (SSSR count). The van der Waals surface area contributed by atoms with Crippen molar-refractivity contribution in [3.63, 3.8) is 0 Å². The van der Waals surface area contributed by atoms with E-state index < -0.39 is 11.7 Å². The van der Waals surface area contributed by atoms with Crippen molar-refractivity contribution in [3.8, 4) is 6.07 Å². The van der Waals surface area contributed by atoms with Crippen LogP contribution in [0.1, 0.15) is 11.1 Å². The molecule has 3 nitrogen and oxygen atoms in total. The topological polar surface area (TPSA) is 61.8 Å². The highest BCUT2D eigenvalue weighted by Crippen LogP contribution is 2.31. The summed E-state index contributed by atoms with van der Waals surface area (Å²) in [6.45, 7) is 0. The minimum absolute atomic E-state index is 0.266. The molecular formula is C14H10F3N3. The molecule has 0 bridgehead atoms. The van der Waals surface area contributed by atoms with Gasteiger partial charge in [0.15, 0.2) is 0 Å². The summed E-state index contributed by atoms with van der Waals surface area (Å²) < 4.78 is 37.8. The SMILES string of the molecule is N#Cc1cc(Nc2cccc(C(F)(F)F)c2)ccc1N. The minimum atomic E-state index is -4.39. The van der Waals surface area contributed by atoms with Gasteiger partial charge in [0.2, 0.25) is 0 Å². The molecule has 0 fully saturated rings. The molecule has 0 unspecified atom stereocenters. The van der Waals surface area contributed by atoms with Crippen LogP contribution in [-0.4, -0.2) is 0 Å². The Labute approximate surface area is 113 Å². The fourth-order valence-electron chi connectivity index (χ4n) is 1.67. The third-order valence-corrected chi connectivity index (χ3v) is 2.65. The Kier molecular flexibility index (Phi) is 3.53. The molecule has 0 saturated heterocycles. The smallest absolute Gasteiger partial charge is 0.398 e. The number of rotatable bonds is 2. The van der Waals surface area contributed by atoms with Gasteiger partial charge in [0.1, 0.15) is 6.07 Å². The Balaban J connectivity index is 2.29. The summed E-state index contributed by atoms with van der Waals surface area (Å²) in [5.41, 5.74) is 6.21. The zero-order chi connectivity index (χ0) is 14.8. The van der Waals surface area contributed by atoms with Crippen LogP contribution >= 0.6 is 0 Å². The van der Waals surface area contributed by atoms with E-state index in [1.165, 1.54) is 24.3 Å². The van der Waals surface area contributed by atoms with E-state index in [9.17, 15) is 13.2 Å². The summed E-state index contributed by atoms with van der Waals surface area (Å²) in [4.78, 5) is 0. The van der Waals surface area contributed by atoms with Gasteiger partial charge in [0.25, 0.3) is 0 Å². The van der Waals surface area contributed by atoms with E-state index in [4.69, 9.17) is 11.0 Å². The predicted molar refractivity (Wildman–Crippen MR) is 70.3 cm³/mol. The van der Waals surface area contributed by atoms with Gasteiger partial charge in [-0.2, -0.15) is 18.4 Å². The van der Waals surface area contributed by atoms with Crippen molar-refractivity contribution < 1.29 is 13.2 Å². The molecule has 0 aliphatic carbocycles. The van der Waals surface area contributed by atoms with Gasteiger partial charge >= 0.3 is 6.18 Å². The number of benzene rings is 2. The third-order valence-electron chi connectivity index (χ3n) is 2.65. The molecule has 0 atom stereocenters. The molecule has 0 heterocycles. The zero-order valence-electron chi connectivity index (χ0n) is 10.2. The molecule has 0 saturated carbocycles. The van der Waals surface area contributed by atoms with E-state index in [0.717, 1.165) is 12.1 Å². The molecule has 2 aromatic rings. The third kappa shape index (κ3) is 3.01. The molecule has 0 amide bonds. The van der Waals surface area contributed by atoms with Crippen LogP contribution in [0, 0.1) is 11.3 Å². The highest BCUT2D eigenvalue weighted by atomic mass is 19.4. The fraction of sp³-hybridized carbons (Fsp3) is 0.0714. The molecule has 3 N–H and O–H groups in total. The number of anilines is 3. The van der Waals surface area contributed by atoms with E-state index in [1.54, 1.807) is 6.07 Å². The Morgan fingerprint density at radius 2 is 1.75 bits per heavy atom. The first-order valence-corrected chi connectivity index (χ1v) is 5.64. The first kappa shape index (κ1) is 13.7. The van der Waals surface area contributed by atoms with Crippen molar-refractivity contribution in [2.24, 2.45) is 0 Å². The maximum absolute atomic E-state index is 12.6. The number of alkyl halides is 3. The minimum Gasteiger partial charge on any atom is -0.398 e. The quantitative estimate of drug-likeness (QED) is 0.818. The average molecular weight is 277 g/mol. The summed E-state index contributed by atoms with van der Waals surface area (Å²) in [6.07, 6.45) is -4.39. The standard InChI is InChI=1S/C14H10F3N3/c15-14(16,17)10-2-1-3-11(7-10)20-12-4-5-13(19)9(6-12)8-18/h1-7,20H,19H2. The highest BCUT2D eigenvalue weighted by Gasteiger charge is 2.30. The van der Waals surface area contributed by atoms with E-state index in [2.05, 4.69) is 5.32 Å². The van der Waals surface area contributed by atoms with Crippen molar-refractivity contribution in [2.75, 3.05) is 11.1 Å². The molecule has 0 aliphatic rings. The van der Waals surface area contributed by atoms with Crippen molar-refractivity contribution in [1.29, 1.82) is 5.26 Å². The lowest BCUT2D eigenvalue weighted by Crippen LogP contribution is -2.05. The van der Waals surface area contributed by atoms with Crippen molar-refractivity contribution in [2.45, 2.75) is 6.18 Å². The number of halogens is 3. The fourth-order valence-corrected chi connectivity index (χ4v) is 1.67. The lowest BCUT2D eigenvalue weighted by Gasteiger charge is -2.11. The second kappa shape index (κ2) is 5.13. The Morgan fingerprint density at radius 3 is 2.40 bits per heavy atom. The van der Waals surface area contributed by atoms with Crippen LogP contribution in [0.2, 0.25) is 0 Å². The van der Waals surface area contributed by atoms with Gasteiger partial charge in [0.05, 0.1) is 11.1 Å². The van der Waals surface area contributed by atoms with Crippen LogP contribution in [0.25, 0.3) is 0 Å². The summed E-state index contributed by atoms with van der Waals surface area (Å²) in [7, 11) is 0. The molecule has 0 spiro atoms. The maximum atomic E-state index is 12.6. The van der Waals surface area contributed by atoms with E-state index in [0.29, 0.717) is 11.4 Å². The molecular weight excluding hydrogens is 267 g/mol. The maximum Gasteiger partial charge on any atom is 0.416 e. The first-order valence-electron chi connectivity index (χ1n) is 5.64. The number of nitrogen functional groups attached to an aromatic ring is 1. The largest absolute Gasteiger partial charge is 0.416 e. The lowest BCUT2D eigenvalue weighted by atomic mass is 10.1. The predicted octanol–water partition coefficient (Wildman–Crippen LogP) is 3.90. The molecule has 6 heteroatoms. The second-order valence-corrected chi connectivity index (χ2v) is 4.12. The number of nitrogens with one attached hydrogen (secondary N) is 1. The summed E-state index contributed by atoms with van der Waals surface area (Å²) in [5, 5.41) is 11.7. The highest BCUT2D eigenvalue weighted by molar-refractivity contribution is 5.67. The molecule has 20 heavy (non-hydrogen) atoms. The Hall–Kier alpha value is -2.68. The van der Waals surface area contributed by atoms with Crippen molar-refractivity contribution in [1.82, 2.24) is 0 Å². The van der Waals surface area contributed by atoms with Crippen molar-refractivity contribution in [3.05, 3.63) is 53.6 Å². The van der Waals surface area contributed by atoms with Crippen LogP contribution in [0.15, 0.2) is 42.5 Å². The van der Waals surface area contributed by atoms with Crippen LogP contribution in [0.3, 0.4) is 0 Å². The lowest BCUT2D eigenvalue weighted by molar-refractivity contribution is -0.137. The van der Waals surface area contributed by atoms with Crippen LogP contribution in [0.4, 0.5) is 30.2 Å².